The molecule has 1 atom stereocenters. The van der Waals surface area contributed by atoms with Gasteiger partial charge in [-0.25, -0.2) is 0 Å². The molecule has 4 nitrogen and oxygen atoms in total. The van der Waals surface area contributed by atoms with Gasteiger partial charge >= 0.3 is 0 Å². The van der Waals surface area contributed by atoms with E-state index in [4.69, 9.17) is 0 Å². The maximum Gasteiger partial charge on any atom is 0.229 e. The van der Waals surface area contributed by atoms with Gasteiger partial charge < -0.3 is 10.2 Å². The molecule has 25 heavy (non-hydrogen) atoms. The van der Waals surface area contributed by atoms with E-state index in [-0.39, 0.29) is 24.2 Å². The standard InChI is InChI=1S/C20H21BrN2O2/c1-12-5-4-6-18(14(12)3)23-11-15(10-19(23)24)20(25)22-16-7-8-17(21)13(2)9-16/h4-9,15H,10-11H2,1-3H3,(H,22,25)/t15-/m1/s1. The molecule has 3 rings (SSSR count). The van der Waals surface area contributed by atoms with Crippen molar-refractivity contribution in [1.82, 2.24) is 0 Å². The van der Waals surface area contributed by atoms with Crippen LogP contribution in [-0.2, 0) is 9.59 Å². The van der Waals surface area contributed by atoms with Gasteiger partial charge in [0.05, 0.1) is 5.92 Å². The number of amides is 2. The Balaban J connectivity index is 1.74. The van der Waals surface area contributed by atoms with Gasteiger partial charge in [-0.15, -0.1) is 0 Å². The molecule has 0 aliphatic carbocycles. The van der Waals surface area contributed by atoms with Gasteiger partial charge in [-0.1, -0.05) is 28.1 Å². The molecule has 2 aromatic rings. The third-order valence-corrected chi connectivity index (χ3v) is 5.68. The van der Waals surface area contributed by atoms with Gasteiger partial charge in [-0.05, 0) is 61.7 Å². The molecule has 2 aromatic carbocycles. The Morgan fingerprint density at radius 1 is 1.16 bits per heavy atom. The summed E-state index contributed by atoms with van der Waals surface area (Å²) >= 11 is 3.45. The van der Waals surface area contributed by atoms with Gasteiger partial charge in [-0.2, -0.15) is 0 Å². The highest BCUT2D eigenvalue weighted by Gasteiger charge is 2.35. The number of hydrogen-bond acceptors (Lipinski definition) is 2. The first-order valence-electron chi connectivity index (χ1n) is 8.30. The van der Waals surface area contributed by atoms with E-state index in [1.165, 1.54) is 0 Å². The molecule has 1 heterocycles. The molecule has 0 spiro atoms. The fraction of sp³-hybridized carbons (Fsp3) is 0.300. The monoisotopic (exact) mass is 400 g/mol. The number of aryl methyl sites for hydroxylation is 2. The highest BCUT2D eigenvalue weighted by atomic mass is 79.9. The second-order valence-electron chi connectivity index (χ2n) is 6.58. The van der Waals surface area contributed by atoms with Crippen molar-refractivity contribution in [3.05, 3.63) is 57.6 Å². The highest BCUT2D eigenvalue weighted by Crippen LogP contribution is 2.30. The quantitative estimate of drug-likeness (QED) is 0.831. The van der Waals surface area contributed by atoms with Crippen LogP contribution in [-0.4, -0.2) is 18.4 Å². The highest BCUT2D eigenvalue weighted by molar-refractivity contribution is 9.10. The molecule has 0 saturated carbocycles. The lowest BCUT2D eigenvalue weighted by Crippen LogP contribution is -2.28. The summed E-state index contributed by atoms with van der Waals surface area (Å²) in [6.07, 6.45) is 0.245. The van der Waals surface area contributed by atoms with Crippen molar-refractivity contribution in [2.75, 3.05) is 16.8 Å². The van der Waals surface area contributed by atoms with Crippen LogP contribution in [0.4, 0.5) is 11.4 Å². The average Bonchev–Trinajstić information content (AvgIpc) is 2.95. The van der Waals surface area contributed by atoms with Crippen LogP contribution in [0.15, 0.2) is 40.9 Å². The van der Waals surface area contributed by atoms with E-state index in [0.717, 1.165) is 32.5 Å². The topological polar surface area (TPSA) is 49.4 Å². The smallest absolute Gasteiger partial charge is 0.229 e. The lowest BCUT2D eigenvalue weighted by molar-refractivity contribution is -0.122. The molecule has 0 radical (unpaired) electrons. The number of nitrogens with one attached hydrogen (secondary N) is 1. The van der Waals surface area contributed by atoms with E-state index < -0.39 is 0 Å². The third-order valence-electron chi connectivity index (χ3n) is 4.79. The first kappa shape index (κ1) is 17.7. The molecule has 5 heteroatoms. The number of carbonyl (C=O) groups excluding carboxylic acids is 2. The predicted octanol–water partition coefficient (Wildman–Crippen LogP) is 4.37. The van der Waals surface area contributed by atoms with Crippen molar-refractivity contribution in [2.45, 2.75) is 27.2 Å². The van der Waals surface area contributed by atoms with Crippen molar-refractivity contribution in [1.29, 1.82) is 0 Å². The van der Waals surface area contributed by atoms with Crippen molar-refractivity contribution in [2.24, 2.45) is 5.92 Å². The number of nitrogens with zero attached hydrogens (tertiary/aromatic N) is 1. The Morgan fingerprint density at radius 3 is 2.64 bits per heavy atom. The minimum absolute atomic E-state index is 0.000775. The fourth-order valence-corrected chi connectivity index (χ4v) is 3.36. The van der Waals surface area contributed by atoms with Gasteiger partial charge in [0.15, 0.2) is 0 Å². The van der Waals surface area contributed by atoms with Crippen LogP contribution in [0, 0.1) is 26.7 Å². The Bertz CT molecular complexity index is 848. The lowest BCUT2D eigenvalue weighted by atomic mass is 10.1. The summed E-state index contributed by atoms with van der Waals surface area (Å²) in [4.78, 5) is 26.8. The molecule has 1 aliphatic heterocycles. The third kappa shape index (κ3) is 3.61. The molecule has 2 amide bonds. The van der Waals surface area contributed by atoms with Crippen molar-refractivity contribution >= 4 is 39.1 Å². The Morgan fingerprint density at radius 2 is 1.92 bits per heavy atom. The van der Waals surface area contributed by atoms with Crippen molar-refractivity contribution < 1.29 is 9.59 Å². The molecule has 0 bridgehead atoms. The van der Waals surface area contributed by atoms with Gasteiger partial charge in [-0.3, -0.25) is 9.59 Å². The zero-order valence-corrected chi connectivity index (χ0v) is 16.2. The number of rotatable bonds is 3. The summed E-state index contributed by atoms with van der Waals surface area (Å²) in [5, 5.41) is 2.93. The number of anilines is 2. The SMILES string of the molecule is Cc1cc(NC(=O)[C@@H]2CC(=O)N(c3cccc(C)c3C)C2)ccc1Br. The number of hydrogen-bond donors (Lipinski definition) is 1. The number of carbonyl (C=O) groups is 2. The maximum atomic E-state index is 12.6. The first-order valence-corrected chi connectivity index (χ1v) is 9.09. The Kier molecular flexibility index (Phi) is 4.95. The molecule has 1 fully saturated rings. The van der Waals surface area contributed by atoms with E-state index in [0.29, 0.717) is 6.54 Å². The Labute approximate surface area is 156 Å². The molecule has 0 unspecified atom stereocenters. The van der Waals surface area contributed by atoms with Gasteiger partial charge in [0.1, 0.15) is 0 Å². The van der Waals surface area contributed by atoms with E-state index >= 15 is 0 Å². The zero-order chi connectivity index (χ0) is 18.1. The van der Waals surface area contributed by atoms with Gasteiger partial charge in [0, 0.05) is 28.8 Å². The van der Waals surface area contributed by atoms with Crippen LogP contribution in [0.25, 0.3) is 0 Å². The molecular weight excluding hydrogens is 380 g/mol. The van der Waals surface area contributed by atoms with Crippen LogP contribution >= 0.6 is 15.9 Å². The van der Waals surface area contributed by atoms with Crippen LogP contribution < -0.4 is 10.2 Å². The molecule has 1 aliphatic rings. The normalized spacial score (nSPS) is 17.0. The minimum atomic E-state index is -0.337. The lowest BCUT2D eigenvalue weighted by Gasteiger charge is -2.20. The largest absolute Gasteiger partial charge is 0.326 e. The molecule has 1 saturated heterocycles. The molecule has 0 aromatic heterocycles. The summed E-state index contributed by atoms with van der Waals surface area (Å²) in [5.41, 5.74) is 4.93. The minimum Gasteiger partial charge on any atom is -0.326 e. The van der Waals surface area contributed by atoms with Crippen LogP contribution in [0.3, 0.4) is 0 Å². The van der Waals surface area contributed by atoms with Crippen LogP contribution in [0.5, 0.6) is 0 Å². The summed E-state index contributed by atoms with van der Waals surface area (Å²) in [7, 11) is 0. The van der Waals surface area contributed by atoms with E-state index in [2.05, 4.69) is 21.2 Å². The summed E-state index contributed by atoms with van der Waals surface area (Å²) in [6, 6.07) is 11.6. The number of halogens is 1. The summed E-state index contributed by atoms with van der Waals surface area (Å²) in [6.45, 7) is 6.43. The first-order chi connectivity index (χ1) is 11.9. The van der Waals surface area contributed by atoms with E-state index in [9.17, 15) is 9.59 Å². The summed E-state index contributed by atoms with van der Waals surface area (Å²) < 4.78 is 1.00. The number of benzene rings is 2. The molecule has 1 N–H and O–H groups in total. The van der Waals surface area contributed by atoms with Crippen molar-refractivity contribution in [3.63, 3.8) is 0 Å². The van der Waals surface area contributed by atoms with E-state index in [1.807, 2.05) is 57.2 Å². The maximum absolute atomic E-state index is 12.6. The average molecular weight is 401 g/mol. The zero-order valence-electron chi connectivity index (χ0n) is 14.6. The van der Waals surface area contributed by atoms with Gasteiger partial charge in [0.2, 0.25) is 11.8 Å². The fourth-order valence-electron chi connectivity index (χ4n) is 3.11. The summed E-state index contributed by atoms with van der Waals surface area (Å²) in [5.74, 6) is -0.444. The van der Waals surface area contributed by atoms with Gasteiger partial charge in [0.25, 0.3) is 0 Å². The Hall–Kier alpha value is -2.14. The second kappa shape index (κ2) is 7.00. The predicted molar refractivity (Wildman–Crippen MR) is 104 cm³/mol. The second-order valence-corrected chi connectivity index (χ2v) is 7.43. The molecular formula is C20H21BrN2O2. The van der Waals surface area contributed by atoms with E-state index in [1.54, 1.807) is 4.90 Å². The van der Waals surface area contributed by atoms with Crippen LogP contribution in [0.1, 0.15) is 23.1 Å². The van der Waals surface area contributed by atoms with Crippen molar-refractivity contribution in [3.8, 4) is 0 Å². The van der Waals surface area contributed by atoms with Crippen LogP contribution in [0.2, 0.25) is 0 Å². The molecule has 130 valence electrons.